The van der Waals surface area contributed by atoms with Crippen molar-refractivity contribution in [2.75, 3.05) is 12.4 Å². The van der Waals surface area contributed by atoms with Crippen molar-refractivity contribution in [2.45, 2.75) is 63.3 Å². The first-order valence-corrected chi connectivity index (χ1v) is 12.0. The summed E-state index contributed by atoms with van der Waals surface area (Å²) in [5.41, 5.74) is 3.46. The monoisotopic (exact) mass is 425 g/mol. The number of carbonyl (C=O) groups excluding carboxylic acids is 1. The molecule has 0 saturated heterocycles. The lowest BCUT2D eigenvalue weighted by Crippen LogP contribution is -2.38. The number of amides is 1. The average molecular weight is 426 g/mol. The van der Waals surface area contributed by atoms with E-state index in [4.69, 9.17) is 9.47 Å². The number of hydrogen-bond donors (Lipinski definition) is 1. The van der Waals surface area contributed by atoms with Crippen molar-refractivity contribution >= 4 is 17.7 Å². The van der Waals surface area contributed by atoms with Gasteiger partial charge in [0.2, 0.25) is 5.91 Å². The zero-order valence-corrected chi connectivity index (χ0v) is 18.7. The first kappa shape index (κ1) is 21.1. The molecule has 1 atom stereocenters. The topological polar surface area (TPSA) is 47.6 Å². The molecule has 1 N–H and O–H groups in total. The van der Waals surface area contributed by atoms with E-state index >= 15 is 0 Å². The second-order valence-electron chi connectivity index (χ2n) is 8.39. The van der Waals surface area contributed by atoms with Crippen LogP contribution in [0.15, 0.2) is 42.5 Å². The highest BCUT2D eigenvalue weighted by atomic mass is 32.2. The molecule has 1 aliphatic carbocycles. The van der Waals surface area contributed by atoms with Crippen LogP contribution in [0.25, 0.3) is 0 Å². The second kappa shape index (κ2) is 9.34. The lowest BCUT2D eigenvalue weighted by Gasteiger charge is -2.40. The summed E-state index contributed by atoms with van der Waals surface area (Å²) in [6.45, 7) is 5.28. The normalized spacial score (nSPS) is 19.2. The van der Waals surface area contributed by atoms with E-state index in [9.17, 15) is 4.79 Å². The Balaban J connectivity index is 1.42. The fourth-order valence-corrected chi connectivity index (χ4v) is 5.70. The Morgan fingerprint density at radius 3 is 2.70 bits per heavy atom. The van der Waals surface area contributed by atoms with Gasteiger partial charge in [-0.15, -0.1) is 11.8 Å². The molecular formula is C25H31NO3S. The molecule has 1 fully saturated rings. The second-order valence-corrected chi connectivity index (χ2v) is 9.58. The summed E-state index contributed by atoms with van der Waals surface area (Å²) < 4.78 is 12.2. The molecule has 2 aromatic carbocycles. The standard InChI is InChI=1S/C25H31NO3S/c1-3-28-20-10-11-22-21(14-20)23(15-25(29-22)12-4-5-13-25)30-17-24(27)26-16-19-8-6-18(2)7-9-19/h6-11,14,23H,3-5,12-13,15-17H2,1-2H3,(H,26,27)/t23-/m0/s1. The summed E-state index contributed by atoms with van der Waals surface area (Å²) in [7, 11) is 0. The quantitative estimate of drug-likeness (QED) is 0.629. The number of rotatable bonds is 7. The van der Waals surface area contributed by atoms with Gasteiger partial charge in [0.1, 0.15) is 17.1 Å². The van der Waals surface area contributed by atoms with Crippen molar-refractivity contribution in [3.63, 3.8) is 0 Å². The Labute approximate surface area is 183 Å². The highest BCUT2D eigenvalue weighted by Gasteiger charge is 2.43. The van der Waals surface area contributed by atoms with Gasteiger partial charge in [0, 0.05) is 23.8 Å². The molecular weight excluding hydrogens is 394 g/mol. The molecule has 0 aromatic heterocycles. The number of ether oxygens (including phenoxy) is 2. The Kier molecular flexibility index (Phi) is 6.57. The lowest BCUT2D eigenvalue weighted by atomic mass is 9.89. The molecule has 0 bridgehead atoms. The van der Waals surface area contributed by atoms with Gasteiger partial charge in [0.25, 0.3) is 0 Å². The zero-order valence-electron chi connectivity index (χ0n) is 17.9. The van der Waals surface area contributed by atoms with Gasteiger partial charge in [-0.3, -0.25) is 4.79 Å². The van der Waals surface area contributed by atoms with Gasteiger partial charge in [-0.2, -0.15) is 0 Å². The van der Waals surface area contributed by atoms with Crippen molar-refractivity contribution in [3.05, 3.63) is 59.2 Å². The smallest absolute Gasteiger partial charge is 0.230 e. The first-order valence-electron chi connectivity index (χ1n) is 11.0. The van der Waals surface area contributed by atoms with Crippen molar-refractivity contribution in [1.29, 1.82) is 0 Å². The van der Waals surface area contributed by atoms with Crippen molar-refractivity contribution in [1.82, 2.24) is 5.32 Å². The number of aryl methyl sites for hydroxylation is 1. The molecule has 1 spiro atoms. The van der Waals surface area contributed by atoms with Crippen LogP contribution in [0, 0.1) is 6.92 Å². The number of nitrogens with one attached hydrogen (secondary N) is 1. The maximum absolute atomic E-state index is 12.5. The van der Waals surface area contributed by atoms with Gasteiger partial charge >= 0.3 is 0 Å². The van der Waals surface area contributed by atoms with Gasteiger partial charge < -0.3 is 14.8 Å². The highest BCUT2D eigenvalue weighted by molar-refractivity contribution is 8.00. The highest BCUT2D eigenvalue weighted by Crippen LogP contribution is 2.52. The minimum absolute atomic E-state index is 0.0594. The Morgan fingerprint density at radius 1 is 1.20 bits per heavy atom. The summed E-state index contributed by atoms with van der Waals surface area (Å²) in [5.74, 6) is 2.36. The minimum Gasteiger partial charge on any atom is -0.494 e. The molecule has 1 amide bonds. The predicted molar refractivity (Wildman–Crippen MR) is 122 cm³/mol. The van der Waals surface area contributed by atoms with E-state index in [1.54, 1.807) is 11.8 Å². The molecule has 4 nitrogen and oxygen atoms in total. The molecule has 5 heteroatoms. The van der Waals surface area contributed by atoms with Crippen molar-refractivity contribution in [2.24, 2.45) is 0 Å². The van der Waals surface area contributed by atoms with E-state index < -0.39 is 0 Å². The van der Waals surface area contributed by atoms with E-state index in [1.165, 1.54) is 18.4 Å². The molecule has 4 rings (SSSR count). The molecule has 1 saturated carbocycles. The van der Waals surface area contributed by atoms with Crippen LogP contribution in [-0.2, 0) is 11.3 Å². The van der Waals surface area contributed by atoms with Gasteiger partial charge in [0.05, 0.1) is 12.4 Å². The van der Waals surface area contributed by atoms with Crippen molar-refractivity contribution < 1.29 is 14.3 Å². The predicted octanol–water partition coefficient (Wildman–Crippen LogP) is 5.58. The number of fused-ring (bicyclic) bond motifs is 1. The minimum atomic E-state index is -0.0594. The van der Waals surface area contributed by atoms with Crippen LogP contribution in [-0.4, -0.2) is 23.9 Å². The van der Waals surface area contributed by atoms with Crippen molar-refractivity contribution in [3.8, 4) is 11.5 Å². The summed E-state index contributed by atoms with van der Waals surface area (Å²) in [4.78, 5) is 12.5. The average Bonchev–Trinajstić information content (AvgIpc) is 3.19. The number of carbonyl (C=O) groups is 1. The van der Waals surface area contributed by atoms with Gasteiger partial charge in [-0.25, -0.2) is 0 Å². The number of hydrogen-bond acceptors (Lipinski definition) is 4. The molecule has 0 radical (unpaired) electrons. The fourth-order valence-electron chi connectivity index (χ4n) is 4.46. The Hall–Kier alpha value is -2.14. The molecule has 1 aliphatic heterocycles. The number of benzene rings is 2. The van der Waals surface area contributed by atoms with Crippen LogP contribution in [0.1, 0.15) is 61.0 Å². The van der Waals surface area contributed by atoms with Crippen LogP contribution in [0.2, 0.25) is 0 Å². The van der Waals surface area contributed by atoms with E-state index in [1.807, 2.05) is 19.1 Å². The third-order valence-electron chi connectivity index (χ3n) is 6.06. The van der Waals surface area contributed by atoms with E-state index in [-0.39, 0.29) is 16.8 Å². The summed E-state index contributed by atoms with van der Waals surface area (Å²) >= 11 is 1.73. The van der Waals surface area contributed by atoms with Crippen LogP contribution in [0.5, 0.6) is 11.5 Å². The van der Waals surface area contributed by atoms with E-state index in [0.29, 0.717) is 18.9 Å². The van der Waals surface area contributed by atoms with Crippen LogP contribution >= 0.6 is 11.8 Å². The largest absolute Gasteiger partial charge is 0.494 e. The molecule has 160 valence electrons. The summed E-state index contributed by atoms with van der Waals surface area (Å²) in [6.07, 6.45) is 5.62. The van der Waals surface area contributed by atoms with Crippen LogP contribution in [0.3, 0.4) is 0 Å². The maximum Gasteiger partial charge on any atom is 0.230 e. The molecule has 2 aliphatic rings. The van der Waals surface area contributed by atoms with Gasteiger partial charge in [0.15, 0.2) is 0 Å². The third kappa shape index (κ3) is 4.94. The van der Waals surface area contributed by atoms with Crippen LogP contribution < -0.4 is 14.8 Å². The van der Waals surface area contributed by atoms with Crippen LogP contribution in [0.4, 0.5) is 0 Å². The van der Waals surface area contributed by atoms with E-state index in [0.717, 1.165) is 41.9 Å². The Bertz CT molecular complexity index is 874. The fraction of sp³-hybridized carbons (Fsp3) is 0.480. The maximum atomic E-state index is 12.5. The molecule has 2 aromatic rings. The lowest BCUT2D eigenvalue weighted by molar-refractivity contribution is -0.118. The first-order chi connectivity index (χ1) is 14.6. The third-order valence-corrected chi connectivity index (χ3v) is 7.32. The summed E-state index contributed by atoms with van der Waals surface area (Å²) in [5, 5.41) is 3.31. The van der Waals surface area contributed by atoms with E-state index in [2.05, 4.69) is 42.6 Å². The SMILES string of the molecule is CCOc1ccc2c(c1)[C@@H](SCC(=O)NCc1ccc(C)cc1)CC1(CCCC1)O2. The number of thioether (sulfide) groups is 1. The molecule has 0 unspecified atom stereocenters. The van der Waals surface area contributed by atoms with Gasteiger partial charge in [-0.05, 0) is 63.3 Å². The zero-order chi connectivity index (χ0) is 21.0. The summed E-state index contributed by atoms with van der Waals surface area (Å²) in [6, 6.07) is 14.4. The Morgan fingerprint density at radius 2 is 1.97 bits per heavy atom. The molecule has 1 heterocycles. The van der Waals surface area contributed by atoms with Gasteiger partial charge in [-0.1, -0.05) is 29.8 Å². The molecule has 30 heavy (non-hydrogen) atoms.